The van der Waals surface area contributed by atoms with Crippen LogP contribution in [-0.2, 0) is 0 Å². The number of rotatable bonds is 1. The molecule has 1 fully saturated rings. The van der Waals surface area contributed by atoms with Crippen LogP contribution in [0.1, 0.15) is 46.4 Å². The molecule has 2 aliphatic rings. The lowest BCUT2D eigenvalue weighted by Crippen LogP contribution is -2.49. The SMILES string of the molecule is O=C1c2ccccc2C(=O)N1C1(O)CCCC1. The molecule has 1 aromatic rings. The fraction of sp³-hybridized carbons (Fsp3) is 0.385. The van der Waals surface area contributed by atoms with Gasteiger partial charge in [-0.1, -0.05) is 12.1 Å². The van der Waals surface area contributed by atoms with Crippen LogP contribution < -0.4 is 0 Å². The van der Waals surface area contributed by atoms with E-state index in [0.29, 0.717) is 24.0 Å². The van der Waals surface area contributed by atoms with Gasteiger partial charge in [0.1, 0.15) is 5.72 Å². The minimum Gasteiger partial charge on any atom is -0.370 e. The smallest absolute Gasteiger partial charge is 0.263 e. The van der Waals surface area contributed by atoms with Crippen molar-refractivity contribution in [3.8, 4) is 0 Å². The molecule has 1 aliphatic carbocycles. The third-order valence-corrected chi connectivity index (χ3v) is 3.61. The highest BCUT2D eigenvalue weighted by molar-refractivity contribution is 6.21. The van der Waals surface area contributed by atoms with Gasteiger partial charge in [0.25, 0.3) is 11.8 Å². The molecule has 0 unspecified atom stereocenters. The second kappa shape index (κ2) is 3.40. The van der Waals surface area contributed by atoms with Crippen LogP contribution in [0.3, 0.4) is 0 Å². The Hall–Kier alpha value is -1.68. The summed E-state index contributed by atoms with van der Waals surface area (Å²) < 4.78 is 0. The monoisotopic (exact) mass is 231 g/mol. The van der Waals surface area contributed by atoms with E-state index in [0.717, 1.165) is 17.7 Å². The molecule has 0 aromatic heterocycles. The number of fused-ring (bicyclic) bond motifs is 1. The first-order valence-electron chi connectivity index (χ1n) is 5.84. The maximum absolute atomic E-state index is 12.1. The molecule has 88 valence electrons. The van der Waals surface area contributed by atoms with E-state index < -0.39 is 5.72 Å². The van der Waals surface area contributed by atoms with Gasteiger partial charge in [-0.3, -0.25) is 9.59 Å². The highest BCUT2D eigenvalue weighted by Gasteiger charge is 2.49. The van der Waals surface area contributed by atoms with Gasteiger partial charge in [-0.2, -0.15) is 0 Å². The zero-order valence-electron chi connectivity index (χ0n) is 9.35. The van der Waals surface area contributed by atoms with Gasteiger partial charge in [0.15, 0.2) is 0 Å². The Morgan fingerprint density at radius 1 is 1.00 bits per heavy atom. The summed E-state index contributed by atoms with van der Waals surface area (Å²) in [5.41, 5.74) is -0.469. The Balaban J connectivity index is 2.06. The number of imide groups is 1. The average Bonchev–Trinajstić information content (AvgIpc) is 2.85. The first kappa shape index (κ1) is 10.5. The second-order valence-electron chi connectivity index (χ2n) is 4.68. The maximum atomic E-state index is 12.1. The van der Waals surface area contributed by atoms with Crippen LogP contribution in [0, 0.1) is 0 Å². The Kier molecular flexibility index (Phi) is 2.10. The van der Waals surface area contributed by atoms with Crippen molar-refractivity contribution < 1.29 is 14.7 Å². The first-order chi connectivity index (χ1) is 8.13. The van der Waals surface area contributed by atoms with E-state index in [1.807, 2.05) is 0 Å². The number of hydrogen-bond acceptors (Lipinski definition) is 3. The van der Waals surface area contributed by atoms with Crippen LogP contribution in [-0.4, -0.2) is 27.5 Å². The lowest BCUT2D eigenvalue weighted by Gasteiger charge is -2.31. The van der Waals surface area contributed by atoms with Crippen molar-refractivity contribution in [2.75, 3.05) is 0 Å². The summed E-state index contributed by atoms with van der Waals surface area (Å²) in [6.45, 7) is 0. The van der Waals surface area contributed by atoms with Crippen LogP contribution in [0.15, 0.2) is 24.3 Å². The highest BCUT2D eigenvalue weighted by Crippen LogP contribution is 2.38. The lowest BCUT2D eigenvalue weighted by atomic mass is 10.1. The molecular weight excluding hydrogens is 218 g/mol. The molecule has 1 heterocycles. The summed E-state index contributed by atoms with van der Waals surface area (Å²) in [4.78, 5) is 25.3. The zero-order valence-corrected chi connectivity index (χ0v) is 9.35. The van der Waals surface area contributed by atoms with Crippen molar-refractivity contribution in [1.29, 1.82) is 0 Å². The predicted molar refractivity (Wildman–Crippen MR) is 60.4 cm³/mol. The highest BCUT2D eigenvalue weighted by atomic mass is 16.3. The number of hydrogen-bond donors (Lipinski definition) is 1. The molecule has 4 heteroatoms. The molecule has 1 aromatic carbocycles. The molecule has 0 spiro atoms. The summed E-state index contributed by atoms with van der Waals surface area (Å²) in [7, 11) is 0. The largest absolute Gasteiger partial charge is 0.370 e. The number of benzene rings is 1. The summed E-state index contributed by atoms with van der Waals surface area (Å²) in [5, 5.41) is 10.4. The molecule has 0 atom stereocenters. The molecule has 17 heavy (non-hydrogen) atoms. The summed E-state index contributed by atoms with van der Waals surface area (Å²) in [5.74, 6) is -0.731. The minimum atomic E-state index is -1.27. The number of aliphatic hydroxyl groups is 1. The van der Waals surface area contributed by atoms with Crippen LogP contribution in [0.4, 0.5) is 0 Å². The van der Waals surface area contributed by atoms with Crippen LogP contribution >= 0.6 is 0 Å². The maximum Gasteiger partial charge on any atom is 0.263 e. The van der Waals surface area contributed by atoms with Gasteiger partial charge in [-0.25, -0.2) is 4.90 Å². The molecule has 1 aliphatic heterocycles. The van der Waals surface area contributed by atoms with E-state index >= 15 is 0 Å². The van der Waals surface area contributed by atoms with Crippen LogP contribution in [0.5, 0.6) is 0 Å². The quantitative estimate of drug-likeness (QED) is 0.746. The van der Waals surface area contributed by atoms with E-state index in [1.54, 1.807) is 24.3 Å². The fourth-order valence-electron chi connectivity index (χ4n) is 2.73. The molecule has 1 N–H and O–H groups in total. The van der Waals surface area contributed by atoms with Gasteiger partial charge < -0.3 is 5.11 Å². The van der Waals surface area contributed by atoms with Crippen molar-refractivity contribution in [2.24, 2.45) is 0 Å². The van der Waals surface area contributed by atoms with E-state index in [4.69, 9.17) is 0 Å². The van der Waals surface area contributed by atoms with E-state index in [9.17, 15) is 14.7 Å². The Morgan fingerprint density at radius 3 is 1.94 bits per heavy atom. The molecule has 3 rings (SSSR count). The fourth-order valence-corrected chi connectivity index (χ4v) is 2.73. The Bertz CT molecular complexity index is 468. The molecule has 0 saturated heterocycles. The summed E-state index contributed by atoms with van der Waals surface area (Å²) in [6.07, 6.45) is 2.67. The molecular formula is C13H13NO3. The van der Waals surface area contributed by atoms with Crippen LogP contribution in [0.2, 0.25) is 0 Å². The number of amides is 2. The molecule has 1 saturated carbocycles. The molecule has 0 bridgehead atoms. The number of nitrogens with zero attached hydrogens (tertiary/aromatic N) is 1. The predicted octanol–water partition coefficient (Wildman–Crippen LogP) is 1.55. The lowest BCUT2D eigenvalue weighted by molar-refractivity contribution is -0.0628. The standard InChI is InChI=1S/C13H13NO3/c15-11-9-5-1-2-6-10(9)12(16)14(11)13(17)7-3-4-8-13/h1-2,5-6,17H,3-4,7-8H2. The van der Waals surface area contributed by atoms with Crippen molar-refractivity contribution in [3.05, 3.63) is 35.4 Å². The summed E-state index contributed by atoms with van der Waals surface area (Å²) >= 11 is 0. The van der Waals surface area contributed by atoms with Crippen molar-refractivity contribution in [3.63, 3.8) is 0 Å². The third-order valence-electron chi connectivity index (χ3n) is 3.61. The molecule has 0 radical (unpaired) electrons. The van der Waals surface area contributed by atoms with Gasteiger partial charge in [-0.15, -0.1) is 0 Å². The van der Waals surface area contributed by atoms with Crippen LogP contribution in [0.25, 0.3) is 0 Å². The summed E-state index contributed by atoms with van der Waals surface area (Å²) in [6, 6.07) is 6.72. The Labute approximate surface area is 98.9 Å². The van der Waals surface area contributed by atoms with Gasteiger partial charge in [-0.05, 0) is 37.8 Å². The van der Waals surface area contributed by atoms with Crippen molar-refractivity contribution >= 4 is 11.8 Å². The average molecular weight is 231 g/mol. The number of carbonyl (C=O) groups excluding carboxylic acids is 2. The normalized spacial score (nSPS) is 22.1. The topological polar surface area (TPSA) is 57.6 Å². The van der Waals surface area contributed by atoms with Gasteiger partial charge >= 0.3 is 0 Å². The van der Waals surface area contributed by atoms with Crippen molar-refractivity contribution in [1.82, 2.24) is 4.90 Å². The first-order valence-corrected chi connectivity index (χ1v) is 5.84. The molecule has 2 amide bonds. The number of carbonyl (C=O) groups is 2. The van der Waals surface area contributed by atoms with Crippen molar-refractivity contribution in [2.45, 2.75) is 31.4 Å². The van der Waals surface area contributed by atoms with E-state index in [-0.39, 0.29) is 11.8 Å². The van der Waals surface area contributed by atoms with Gasteiger partial charge in [0, 0.05) is 0 Å². The van der Waals surface area contributed by atoms with Gasteiger partial charge in [0.2, 0.25) is 0 Å². The molecule has 4 nitrogen and oxygen atoms in total. The minimum absolute atomic E-state index is 0.366. The van der Waals surface area contributed by atoms with E-state index in [1.165, 1.54) is 0 Å². The second-order valence-corrected chi connectivity index (χ2v) is 4.68. The third kappa shape index (κ3) is 1.34. The Morgan fingerprint density at radius 2 is 1.47 bits per heavy atom. The van der Waals surface area contributed by atoms with Gasteiger partial charge in [0.05, 0.1) is 11.1 Å². The van der Waals surface area contributed by atoms with E-state index in [2.05, 4.69) is 0 Å². The zero-order chi connectivity index (χ0) is 12.0.